The second kappa shape index (κ2) is 23.6. The van der Waals surface area contributed by atoms with E-state index in [-0.39, 0.29) is 23.5 Å². The smallest absolute Gasteiger partial charge is 0.242 e. The lowest BCUT2D eigenvalue weighted by Gasteiger charge is -2.18. The van der Waals surface area contributed by atoms with Crippen LogP contribution in [0.25, 0.3) is 0 Å². The maximum Gasteiger partial charge on any atom is 0.242 e. The number of aliphatic imine (C=N–C) groups is 1. The molecule has 1 aromatic carbocycles. The summed E-state index contributed by atoms with van der Waals surface area (Å²) in [5.41, 5.74) is 4.97. The normalized spacial score (nSPS) is 15.9. The summed E-state index contributed by atoms with van der Waals surface area (Å²) in [4.78, 5) is 28.3. The van der Waals surface area contributed by atoms with Gasteiger partial charge in [-0.2, -0.15) is 0 Å². The summed E-state index contributed by atoms with van der Waals surface area (Å²) >= 11 is 1.39. The van der Waals surface area contributed by atoms with Crippen molar-refractivity contribution in [2.75, 3.05) is 13.6 Å². The molecule has 1 saturated heterocycles. The van der Waals surface area contributed by atoms with E-state index in [1.54, 1.807) is 29.3 Å². The van der Waals surface area contributed by atoms with Crippen molar-refractivity contribution < 1.29 is 18.7 Å². The summed E-state index contributed by atoms with van der Waals surface area (Å²) in [7, 11) is 1.50. The third-order valence-corrected chi connectivity index (χ3v) is 5.15. The van der Waals surface area contributed by atoms with Crippen LogP contribution in [0.15, 0.2) is 78.4 Å². The Morgan fingerprint density at radius 1 is 1.31 bits per heavy atom. The molecule has 0 bridgehead atoms. The molecule has 1 heterocycles. The van der Waals surface area contributed by atoms with Gasteiger partial charge in [0.2, 0.25) is 12.3 Å². The molecule has 0 aliphatic carbocycles. The van der Waals surface area contributed by atoms with Crippen LogP contribution in [0, 0.1) is 5.82 Å². The number of carbonyl (C=O) groups excluding carboxylic acids is 2. The molecule has 2 rings (SSSR count). The number of benzene rings is 1. The first-order chi connectivity index (χ1) is 17.5. The number of nitrogens with zero attached hydrogens (tertiary/aromatic N) is 2. The minimum atomic E-state index is -0.361. The van der Waals surface area contributed by atoms with Crippen molar-refractivity contribution in [2.45, 2.75) is 52.7 Å². The molecule has 9 heteroatoms. The number of nitrogens with one attached hydrogen (secondary N) is 1. The Hall–Kier alpha value is -3.17. The molecule has 2 amide bonds. The second-order valence-corrected chi connectivity index (χ2v) is 7.53. The lowest BCUT2D eigenvalue weighted by molar-refractivity contribution is -0.126. The average Bonchev–Trinajstić information content (AvgIpc) is 3.18. The van der Waals surface area contributed by atoms with Gasteiger partial charge in [0.1, 0.15) is 11.6 Å². The van der Waals surface area contributed by atoms with Crippen molar-refractivity contribution >= 4 is 34.9 Å². The van der Waals surface area contributed by atoms with Crippen molar-refractivity contribution in [3.63, 3.8) is 0 Å². The van der Waals surface area contributed by atoms with Crippen LogP contribution < -0.4 is 11.1 Å². The topological polar surface area (TPSA) is 97.0 Å². The second-order valence-electron chi connectivity index (χ2n) is 6.36. The Balaban J connectivity index is 0. The van der Waals surface area contributed by atoms with E-state index < -0.39 is 0 Å². The van der Waals surface area contributed by atoms with Gasteiger partial charge in [0, 0.05) is 0 Å². The summed E-state index contributed by atoms with van der Waals surface area (Å²) in [5.74, 6) is 0.243. The molecule has 1 unspecified atom stereocenters. The molecule has 0 saturated carbocycles. The standard InChI is InChI=1S/C20H23FN2O2S.C4H7NO.C2H6.CH5N/c1-4-7-12-18-19(24)23(14-17(9-5-2)25-6-3)20(26-18)22-16-11-8-10-15(21)13-16;1-2-3-5-4-6;2*1-2/h4,6-11,13,18H,3,5,12,14H2,1-2H3;2-4H,1H3,(H,5,6);1-2H3;2H2,1H3/b7-4-,17-9-,22-20?;3-2+;;. The number of halogens is 1. The number of hydrogen-bond acceptors (Lipinski definition) is 6. The first-order valence-corrected chi connectivity index (χ1v) is 12.7. The summed E-state index contributed by atoms with van der Waals surface area (Å²) in [6, 6.07) is 6.02. The van der Waals surface area contributed by atoms with Crippen LogP contribution in [0.3, 0.4) is 0 Å². The Labute approximate surface area is 220 Å². The lowest BCUT2D eigenvalue weighted by Crippen LogP contribution is -2.34. The Kier molecular flexibility index (Phi) is 22.9. The predicted octanol–water partition coefficient (Wildman–Crippen LogP) is 6.04. The minimum Gasteiger partial charge on any atom is -0.468 e. The number of ether oxygens (including phenoxy) is 1. The van der Waals surface area contributed by atoms with Crippen LogP contribution >= 0.6 is 11.8 Å². The molecule has 3 N–H and O–H groups in total. The van der Waals surface area contributed by atoms with Gasteiger partial charge in [-0.1, -0.05) is 63.4 Å². The zero-order valence-electron chi connectivity index (χ0n) is 22.2. The number of amides is 2. The number of thioether (sulfide) groups is 1. The van der Waals surface area contributed by atoms with Gasteiger partial charge in [-0.15, -0.1) is 0 Å². The van der Waals surface area contributed by atoms with Crippen LogP contribution in [-0.4, -0.2) is 41.2 Å². The SMILES string of the molecule is C/C=C/NC=O.C=CO/C(=C\CC)CN1C(=O)C(C/C=C\C)SC1=Nc1cccc(F)c1.CC.CN. The van der Waals surface area contributed by atoms with Gasteiger partial charge >= 0.3 is 0 Å². The Morgan fingerprint density at radius 2 is 2.00 bits per heavy atom. The Bertz CT molecular complexity index is 886. The zero-order valence-corrected chi connectivity index (χ0v) is 23.1. The summed E-state index contributed by atoms with van der Waals surface area (Å²) in [6.07, 6.45) is 12.4. The number of allylic oxidation sites excluding steroid dienone is 4. The van der Waals surface area contributed by atoms with Crippen molar-refractivity contribution in [3.8, 4) is 0 Å². The van der Waals surface area contributed by atoms with E-state index in [0.29, 0.717) is 29.4 Å². The maximum absolute atomic E-state index is 13.5. The van der Waals surface area contributed by atoms with Gasteiger partial charge in [-0.05, 0) is 64.2 Å². The number of carbonyl (C=O) groups is 2. The third kappa shape index (κ3) is 14.3. The molecule has 200 valence electrons. The molecular weight excluding hydrogens is 479 g/mol. The van der Waals surface area contributed by atoms with Gasteiger partial charge in [0.05, 0.1) is 23.7 Å². The van der Waals surface area contributed by atoms with E-state index >= 15 is 0 Å². The van der Waals surface area contributed by atoms with Crippen molar-refractivity contribution in [1.29, 1.82) is 0 Å². The molecule has 1 aliphatic heterocycles. The van der Waals surface area contributed by atoms with Gasteiger partial charge in [0.25, 0.3) is 0 Å². The molecule has 1 aromatic rings. The highest BCUT2D eigenvalue weighted by atomic mass is 32.2. The quantitative estimate of drug-likeness (QED) is 0.223. The largest absolute Gasteiger partial charge is 0.468 e. The van der Waals surface area contributed by atoms with Gasteiger partial charge in [0.15, 0.2) is 5.17 Å². The highest BCUT2D eigenvalue weighted by Gasteiger charge is 2.37. The van der Waals surface area contributed by atoms with Crippen molar-refractivity contribution in [3.05, 3.63) is 79.2 Å². The van der Waals surface area contributed by atoms with Crippen LogP contribution in [0.5, 0.6) is 0 Å². The molecule has 0 radical (unpaired) electrons. The maximum atomic E-state index is 13.5. The highest BCUT2D eigenvalue weighted by molar-refractivity contribution is 8.15. The summed E-state index contributed by atoms with van der Waals surface area (Å²) in [5, 5.41) is 2.64. The molecule has 0 spiro atoms. The molecule has 1 fully saturated rings. The molecule has 7 nitrogen and oxygen atoms in total. The van der Waals surface area contributed by atoms with E-state index in [1.165, 1.54) is 37.2 Å². The van der Waals surface area contributed by atoms with Crippen LogP contribution in [0.1, 0.15) is 47.5 Å². The van der Waals surface area contributed by atoms with E-state index in [9.17, 15) is 14.0 Å². The number of amidine groups is 1. The monoisotopic (exact) mass is 520 g/mol. The summed E-state index contributed by atoms with van der Waals surface area (Å²) < 4.78 is 18.9. The van der Waals surface area contributed by atoms with E-state index in [4.69, 9.17) is 4.74 Å². The first kappa shape index (κ1) is 35.0. The first-order valence-electron chi connectivity index (χ1n) is 11.8. The van der Waals surface area contributed by atoms with Gasteiger partial charge in [-0.3, -0.25) is 14.5 Å². The number of nitrogens with two attached hydrogens (primary N) is 1. The molecular formula is C27H41FN4O3S. The number of hydrogen-bond donors (Lipinski definition) is 2. The average molecular weight is 521 g/mol. The van der Waals surface area contributed by atoms with Crippen molar-refractivity contribution in [2.24, 2.45) is 10.7 Å². The van der Waals surface area contributed by atoms with Gasteiger partial charge in [-0.25, -0.2) is 9.38 Å². The third-order valence-electron chi connectivity index (χ3n) is 3.95. The fourth-order valence-corrected chi connectivity index (χ4v) is 3.71. The highest BCUT2D eigenvalue weighted by Crippen LogP contribution is 2.32. The van der Waals surface area contributed by atoms with Crippen LogP contribution in [0.2, 0.25) is 0 Å². The number of rotatable bonds is 10. The lowest BCUT2D eigenvalue weighted by atomic mass is 10.2. The Morgan fingerprint density at radius 3 is 2.50 bits per heavy atom. The molecule has 1 atom stereocenters. The molecule has 1 aliphatic rings. The fourth-order valence-electron chi connectivity index (χ4n) is 2.58. The predicted molar refractivity (Wildman–Crippen MR) is 151 cm³/mol. The van der Waals surface area contributed by atoms with Crippen LogP contribution in [-0.2, 0) is 14.3 Å². The molecule has 36 heavy (non-hydrogen) atoms. The van der Waals surface area contributed by atoms with E-state index in [1.807, 2.05) is 52.8 Å². The molecule has 0 aromatic heterocycles. The van der Waals surface area contributed by atoms with Gasteiger partial charge < -0.3 is 15.8 Å². The van der Waals surface area contributed by atoms with Crippen molar-refractivity contribution in [1.82, 2.24) is 10.2 Å². The summed E-state index contributed by atoms with van der Waals surface area (Å²) in [6.45, 7) is 13.6. The fraction of sp³-hybridized carbons (Fsp3) is 0.370. The zero-order chi connectivity index (χ0) is 27.8. The minimum absolute atomic E-state index is 0.0297. The van der Waals surface area contributed by atoms with E-state index in [2.05, 4.69) is 22.6 Å². The van der Waals surface area contributed by atoms with Crippen LogP contribution in [0.4, 0.5) is 10.1 Å². The van der Waals surface area contributed by atoms with E-state index in [0.717, 1.165) is 6.42 Å².